The number of rotatable bonds is 4. The lowest BCUT2D eigenvalue weighted by atomic mass is 10.1. The summed E-state index contributed by atoms with van der Waals surface area (Å²) in [4.78, 5) is 15.4. The minimum absolute atomic E-state index is 0.0174. The number of nitrogens with zero attached hydrogens (tertiary/aromatic N) is 1. The van der Waals surface area contributed by atoms with Gasteiger partial charge in [-0.15, -0.1) is 11.3 Å². The number of carbonyl (C=O) groups excluding carboxylic acids is 1. The van der Waals surface area contributed by atoms with E-state index in [-0.39, 0.29) is 18.2 Å². The molecule has 1 unspecified atom stereocenters. The van der Waals surface area contributed by atoms with Crippen LogP contribution in [0.4, 0.5) is 0 Å². The molecule has 1 amide bonds. The summed E-state index contributed by atoms with van der Waals surface area (Å²) in [6, 6.07) is 20.1. The fourth-order valence-electron chi connectivity index (χ4n) is 3.41. The molecule has 1 fully saturated rings. The minimum Gasteiger partial charge on any atom is -0.457 e. The molecule has 4 rings (SSSR count). The van der Waals surface area contributed by atoms with Gasteiger partial charge in [0.1, 0.15) is 11.5 Å². The first kappa shape index (κ1) is 19.7. The molecule has 2 aromatic carbocycles. The first-order chi connectivity index (χ1) is 14.0. The van der Waals surface area contributed by atoms with E-state index in [0.717, 1.165) is 10.6 Å². The number of amides is 1. The van der Waals surface area contributed by atoms with E-state index in [1.54, 1.807) is 29.2 Å². The van der Waals surface area contributed by atoms with Crippen molar-refractivity contribution < 1.29 is 17.9 Å². The van der Waals surface area contributed by atoms with Gasteiger partial charge in [-0.2, -0.15) is 0 Å². The molecular weight excluding hydrogens is 406 g/mol. The molecule has 5 nitrogen and oxygen atoms in total. The number of carbonyl (C=O) groups is 1. The van der Waals surface area contributed by atoms with E-state index in [2.05, 4.69) is 0 Å². The second kappa shape index (κ2) is 8.39. The Hall–Kier alpha value is -2.64. The number of benzene rings is 2. The molecule has 0 saturated carbocycles. The van der Waals surface area contributed by atoms with Gasteiger partial charge < -0.3 is 9.64 Å². The van der Waals surface area contributed by atoms with Crippen LogP contribution >= 0.6 is 11.3 Å². The lowest BCUT2D eigenvalue weighted by Crippen LogP contribution is -2.33. The maximum absolute atomic E-state index is 12.9. The number of hydrogen-bond donors (Lipinski definition) is 0. The van der Waals surface area contributed by atoms with Crippen LogP contribution in [-0.4, -0.2) is 38.1 Å². The van der Waals surface area contributed by atoms with Gasteiger partial charge in [0.25, 0.3) is 5.91 Å². The lowest BCUT2D eigenvalue weighted by molar-refractivity contribution is 0.0766. The van der Waals surface area contributed by atoms with E-state index in [1.807, 2.05) is 47.8 Å². The molecule has 0 radical (unpaired) electrons. The highest BCUT2D eigenvalue weighted by atomic mass is 32.2. The third-order valence-electron chi connectivity index (χ3n) is 4.97. The third kappa shape index (κ3) is 4.52. The Labute approximate surface area is 174 Å². The van der Waals surface area contributed by atoms with Crippen LogP contribution < -0.4 is 4.74 Å². The third-order valence-corrected chi connectivity index (χ3v) is 8.21. The number of thiophene rings is 1. The molecule has 0 aliphatic carbocycles. The second-order valence-electron chi connectivity index (χ2n) is 6.89. The summed E-state index contributed by atoms with van der Waals surface area (Å²) in [6.07, 6.45) is 0.420. The smallest absolute Gasteiger partial charge is 0.253 e. The Kier molecular flexibility index (Phi) is 5.69. The van der Waals surface area contributed by atoms with Crippen LogP contribution in [0.5, 0.6) is 11.5 Å². The predicted molar refractivity (Wildman–Crippen MR) is 114 cm³/mol. The maximum atomic E-state index is 12.9. The zero-order valence-corrected chi connectivity index (χ0v) is 17.4. The van der Waals surface area contributed by atoms with E-state index in [9.17, 15) is 13.2 Å². The van der Waals surface area contributed by atoms with Gasteiger partial charge in [0.2, 0.25) is 0 Å². The van der Waals surface area contributed by atoms with E-state index in [1.165, 1.54) is 11.3 Å². The van der Waals surface area contributed by atoms with Crippen LogP contribution in [0.25, 0.3) is 0 Å². The van der Waals surface area contributed by atoms with Gasteiger partial charge in [0.05, 0.1) is 11.0 Å². The van der Waals surface area contributed by atoms with Gasteiger partial charge in [-0.25, -0.2) is 8.42 Å². The topological polar surface area (TPSA) is 63.7 Å². The van der Waals surface area contributed by atoms with Crippen molar-refractivity contribution in [1.29, 1.82) is 0 Å². The quantitative estimate of drug-likeness (QED) is 0.613. The molecule has 1 aliphatic rings. The van der Waals surface area contributed by atoms with Crippen LogP contribution in [0.2, 0.25) is 0 Å². The van der Waals surface area contributed by atoms with Crippen molar-refractivity contribution in [2.24, 2.45) is 0 Å². The summed E-state index contributed by atoms with van der Waals surface area (Å²) >= 11 is 1.45. The van der Waals surface area contributed by atoms with Crippen molar-refractivity contribution >= 4 is 27.1 Å². The van der Waals surface area contributed by atoms with Crippen LogP contribution in [0.3, 0.4) is 0 Å². The molecule has 29 heavy (non-hydrogen) atoms. The van der Waals surface area contributed by atoms with Crippen LogP contribution in [0, 0.1) is 0 Å². The Morgan fingerprint density at radius 1 is 0.931 bits per heavy atom. The molecule has 1 atom stereocenters. The van der Waals surface area contributed by atoms with E-state index >= 15 is 0 Å². The largest absolute Gasteiger partial charge is 0.457 e. The van der Waals surface area contributed by atoms with Crippen molar-refractivity contribution in [1.82, 2.24) is 4.90 Å². The lowest BCUT2D eigenvalue weighted by Gasteiger charge is -2.20. The first-order valence-corrected chi connectivity index (χ1v) is 12.0. The minimum atomic E-state index is -3.28. The molecule has 0 bridgehead atoms. The van der Waals surface area contributed by atoms with Gasteiger partial charge in [-0.1, -0.05) is 24.3 Å². The van der Waals surface area contributed by atoms with E-state index in [4.69, 9.17) is 4.74 Å². The molecule has 1 aromatic heterocycles. The standard InChI is InChI=1S/C22H21NO4S2/c24-22(17-8-10-19(11-9-17)27-18-5-2-1-3-6-18)23-13-12-21(20-7-4-15-28-20)29(25,26)16-14-23/h1-11,15,21H,12-14,16H2. The fraction of sp³-hybridized carbons (Fsp3) is 0.227. The zero-order valence-electron chi connectivity index (χ0n) is 15.7. The molecule has 1 aliphatic heterocycles. The monoisotopic (exact) mass is 427 g/mol. The zero-order chi connectivity index (χ0) is 20.3. The van der Waals surface area contributed by atoms with Gasteiger partial charge >= 0.3 is 0 Å². The Bertz CT molecular complexity index is 1060. The highest BCUT2D eigenvalue weighted by Gasteiger charge is 2.33. The van der Waals surface area contributed by atoms with Crippen LogP contribution in [-0.2, 0) is 9.84 Å². The molecule has 3 aromatic rings. The summed E-state index contributed by atoms with van der Waals surface area (Å²) in [6.45, 7) is 0.633. The van der Waals surface area contributed by atoms with Crippen molar-refractivity contribution in [2.45, 2.75) is 11.7 Å². The number of ether oxygens (including phenoxy) is 1. The maximum Gasteiger partial charge on any atom is 0.253 e. The van der Waals surface area contributed by atoms with Crippen molar-refractivity contribution in [2.75, 3.05) is 18.8 Å². The molecular formula is C22H21NO4S2. The summed E-state index contributed by atoms with van der Waals surface area (Å²) in [5.74, 6) is 1.20. The summed E-state index contributed by atoms with van der Waals surface area (Å²) < 4.78 is 31.1. The Balaban J connectivity index is 1.45. The first-order valence-electron chi connectivity index (χ1n) is 9.40. The normalized spacial score (nSPS) is 18.8. The number of sulfone groups is 1. The Morgan fingerprint density at radius 2 is 1.66 bits per heavy atom. The van der Waals surface area contributed by atoms with Crippen molar-refractivity contribution in [3.05, 3.63) is 82.6 Å². The van der Waals surface area contributed by atoms with E-state index in [0.29, 0.717) is 24.3 Å². The van der Waals surface area contributed by atoms with Gasteiger partial charge in [-0.05, 0) is 54.3 Å². The molecule has 0 N–H and O–H groups in total. The summed E-state index contributed by atoms with van der Waals surface area (Å²) in [7, 11) is -3.28. The SMILES string of the molecule is O=C(c1ccc(Oc2ccccc2)cc1)N1CCC(c2cccs2)S(=O)(=O)CC1. The van der Waals surface area contributed by atoms with Gasteiger partial charge in [0.15, 0.2) is 9.84 Å². The average Bonchev–Trinajstić information content (AvgIpc) is 3.20. The number of para-hydroxylation sites is 1. The fourth-order valence-corrected chi connectivity index (χ4v) is 6.42. The van der Waals surface area contributed by atoms with Crippen LogP contribution in [0.1, 0.15) is 26.9 Å². The van der Waals surface area contributed by atoms with Crippen LogP contribution in [0.15, 0.2) is 72.1 Å². The Morgan fingerprint density at radius 3 is 2.34 bits per heavy atom. The van der Waals surface area contributed by atoms with Gasteiger partial charge in [-0.3, -0.25) is 4.79 Å². The summed E-state index contributed by atoms with van der Waals surface area (Å²) in [5.41, 5.74) is 0.525. The highest BCUT2D eigenvalue weighted by Crippen LogP contribution is 2.32. The average molecular weight is 428 g/mol. The predicted octanol–water partition coefficient (Wildman–Crippen LogP) is 4.54. The molecule has 1 saturated heterocycles. The highest BCUT2D eigenvalue weighted by molar-refractivity contribution is 7.91. The van der Waals surface area contributed by atoms with Crippen molar-refractivity contribution in [3.8, 4) is 11.5 Å². The molecule has 0 spiro atoms. The molecule has 150 valence electrons. The molecule has 7 heteroatoms. The molecule has 2 heterocycles. The second-order valence-corrected chi connectivity index (χ2v) is 10.2. The van der Waals surface area contributed by atoms with Crippen molar-refractivity contribution in [3.63, 3.8) is 0 Å². The van der Waals surface area contributed by atoms with E-state index < -0.39 is 15.1 Å². The van der Waals surface area contributed by atoms with Gasteiger partial charge in [0, 0.05) is 23.5 Å². The summed E-state index contributed by atoms with van der Waals surface area (Å²) in [5, 5.41) is 1.36. The number of hydrogen-bond acceptors (Lipinski definition) is 5.